The zero-order chi connectivity index (χ0) is 31.9. The molecule has 0 atom stereocenters. The quantitative estimate of drug-likeness (QED) is 0.213. The van der Waals surface area contributed by atoms with Crippen molar-refractivity contribution in [3.05, 3.63) is 83.2 Å². The van der Waals surface area contributed by atoms with E-state index in [9.17, 15) is 19.6 Å². The number of fused-ring (bicyclic) bond motifs is 1. The number of aromatic nitrogens is 1. The number of hydrogen-bond donors (Lipinski definition) is 1. The smallest absolute Gasteiger partial charge is 0.254 e. The van der Waals surface area contributed by atoms with E-state index in [1.165, 1.54) is 0 Å². The summed E-state index contributed by atoms with van der Waals surface area (Å²) in [6.45, 7) is 7.91. The third-order valence-corrected chi connectivity index (χ3v) is 7.84. The lowest BCUT2D eigenvalue weighted by Crippen LogP contribution is -2.47. The number of halogens is 2. The fourth-order valence-electron chi connectivity index (χ4n) is 5.24. The largest absolute Gasteiger partial charge is 0.494 e. The molecular formula is C34H42Cl2N6O4. The maximum atomic E-state index is 13.1. The minimum Gasteiger partial charge on any atom is -0.494 e. The Balaban J connectivity index is 0.00000368. The van der Waals surface area contributed by atoms with Gasteiger partial charge < -0.3 is 24.8 Å². The SMILES string of the molecule is CCN1C(=O)C(C)(C)C(=O)N(C)c2cc(OCCCc3cc(CNCCN(C)C(=O)c4ccccc4C#N)ccn3)ccc21.Cl.Cl. The summed E-state index contributed by atoms with van der Waals surface area (Å²) >= 11 is 0. The summed E-state index contributed by atoms with van der Waals surface area (Å²) in [5.41, 5.74) is 3.04. The molecule has 1 N–H and O–H groups in total. The number of nitriles is 1. The summed E-state index contributed by atoms with van der Waals surface area (Å²) in [6.07, 6.45) is 3.28. The van der Waals surface area contributed by atoms with Gasteiger partial charge in [-0.15, -0.1) is 24.8 Å². The van der Waals surface area contributed by atoms with Crippen LogP contribution in [0.25, 0.3) is 0 Å². The van der Waals surface area contributed by atoms with Crippen molar-refractivity contribution in [3.8, 4) is 11.8 Å². The van der Waals surface area contributed by atoms with Gasteiger partial charge in [-0.1, -0.05) is 12.1 Å². The molecule has 1 aliphatic heterocycles. The zero-order valence-corrected chi connectivity index (χ0v) is 28.5. The van der Waals surface area contributed by atoms with Gasteiger partial charge in [0.15, 0.2) is 0 Å². The predicted octanol–water partition coefficient (Wildman–Crippen LogP) is 5.03. The van der Waals surface area contributed by atoms with E-state index in [1.54, 1.807) is 73.1 Å². The van der Waals surface area contributed by atoms with Gasteiger partial charge in [0.25, 0.3) is 5.91 Å². The Morgan fingerprint density at radius 1 is 1.07 bits per heavy atom. The minimum absolute atomic E-state index is 0. The van der Waals surface area contributed by atoms with Gasteiger partial charge in [0.1, 0.15) is 11.2 Å². The second kappa shape index (κ2) is 16.9. The van der Waals surface area contributed by atoms with Gasteiger partial charge in [0, 0.05) is 58.2 Å². The molecule has 0 saturated heterocycles. The number of pyridine rings is 1. The van der Waals surface area contributed by atoms with Crippen molar-refractivity contribution in [1.29, 1.82) is 5.26 Å². The first-order valence-corrected chi connectivity index (χ1v) is 14.8. The number of amides is 3. The highest BCUT2D eigenvalue weighted by Crippen LogP contribution is 2.40. The van der Waals surface area contributed by atoms with Crippen LogP contribution in [0.4, 0.5) is 11.4 Å². The molecule has 246 valence electrons. The van der Waals surface area contributed by atoms with Gasteiger partial charge >= 0.3 is 0 Å². The summed E-state index contributed by atoms with van der Waals surface area (Å²) in [5, 5.41) is 12.6. The molecule has 0 bridgehead atoms. The number of rotatable bonds is 12. The van der Waals surface area contributed by atoms with Crippen LogP contribution in [0.5, 0.6) is 5.75 Å². The van der Waals surface area contributed by atoms with E-state index in [2.05, 4.69) is 22.4 Å². The van der Waals surface area contributed by atoms with Crippen LogP contribution in [0.1, 0.15) is 54.4 Å². The summed E-state index contributed by atoms with van der Waals surface area (Å²) in [5.74, 6) is -0.00296. The van der Waals surface area contributed by atoms with Gasteiger partial charge in [-0.3, -0.25) is 19.4 Å². The van der Waals surface area contributed by atoms with E-state index >= 15 is 0 Å². The Labute approximate surface area is 283 Å². The molecule has 3 aromatic rings. The fraction of sp³-hybridized carbons (Fsp3) is 0.382. The van der Waals surface area contributed by atoms with E-state index in [0.29, 0.717) is 61.0 Å². The number of ether oxygens (including phenoxy) is 1. The zero-order valence-electron chi connectivity index (χ0n) is 26.9. The lowest BCUT2D eigenvalue weighted by Gasteiger charge is -2.27. The van der Waals surface area contributed by atoms with Gasteiger partial charge in [-0.25, -0.2) is 0 Å². The normalized spacial score (nSPS) is 13.5. The molecule has 10 nitrogen and oxygen atoms in total. The van der Waals surface area contributed by atoms with Crippen molar-refractivity contribution in [3.63, 3.8) is 0 Å². The van der Waals surface area contributed by atoms with E-state index in [4.69, 9.17) is 4.74 Å². The van der Waals surface area contributed by atoms with Gasteiger partial charge in [0.2, 0.25) is 11.8 Å². The molecule has 0 spiro atoms. The molecule has 46 heavy (non-hydrogen) atoms. The first kappa shape index (κ1) is 38.0. The van der Waals surface area contributed by atoms with Crippen molar-refractivity contribution in [2.24, 2.45) is 5.41 Å². The first-order valence-electron chi connectivity index (χ1n) is 14.8. The molecule has 0 unspecified atom stereocenters. The van der Waals surface area contributed by atoms with Crippen molar-refractivity contribution < 1.29 is 19.1 Å². The monoisotopic (exact) mass is 668 g/mol. The summed E-state index contributed by atoms with van der Waals surface area (Å²) in [7, 11) is 3.43. The number of benzene rings is 2. The predicted molar refractivity (Wildman–Crippen MR) is 184 cm³/mol. The van der Waals surface area contributed by atoms with E-state index in [1.807, 2.05) is 31.2 Å². The molecule has 1 aliphatic rings. The molecule has 2 aromatic carbocycles. The lowest BCUT2D eigenvalue weighted by atomic mass is 9.90. The Bertz CT molecular complexity index is 1580. The highest BCUT2D eigenvalue weighted by atomic mass is 35.5. The standard InChI is InChI=1S/C34H40N6O4.2ClH/c1-6-40-29-14-13-27(21-30(29)39(5)32(42)34(2,3)33(40)43)44-19-9-11-26-20-24(15-16-37-26)23-36-17-18-38(4)31(41)28-12-8-7-10-25(28)22-35;;/h7-8,10,12-16,20-21,36H,6,9,11,17-19,23H2,1-5H3;2*1H. The van der Waals surface area contributed by atoms with Gasteiger partial charge in [-0.05, 0) is 75.6 Å². The summed E-state index contributed by atoms with van der Waals surface area (Å²) in [4.78, 5) is 48.2. The van der Waals surface area contributed by atoms with Crippen molar-refractivity contribution in [1.82, 2.24) is 15.2 Å². The molecule has 0 aliphatic carbocycles. The third-order valence-electron chi connectivity index (χ3n) is 7.84. The fourth-order valence-corrected chi connectivity index (χ4v) is 5.24. The second-order valence-corrected chi connectivity index (χ2v) is 11.4. The van der Waals surface area contributed by atoms with Crippen LogP contribution in [0.2, 0.25) is 0 Å². The Morgan fingerprint density at radius 2 is 1.80 bits per heavy atom. The molecule has 4 rings (SSSR count). The minimum atomic E-state index is -1.15. The second-order valence-electron chi connectivity index (χ2n) is 11.4. The molecule has 12 heteroatoms. The topological polar surface area (TPSA) is 119 Å². The number of hydrogen-bond acceptors (Lipinski definition) is 7. The van der Waals surface area contributed by atoms with Gasteiger partial charge in [0.05, 0.1) is 35.2 Å². The van der Waals surface area contributed by atoms with Gasteiger partial charge in [-0.2, -0.15) is 5.26 Å². The molecule has 0 saturated carbocycles. The molecule has 0 radical (unpaired) electrons. The highest BCUT2D eigenvalue weighted by molar-refractivity contribution is 6.20. The molecule has 0 fully saturated rings. The number of aryl methyl sites for hydroxylation is 1. The first-order chi connectivity index (χ1) is 21.1. The van der Waals surface area contributed by atoms with Crippen LogP contribution in [0, 0.1) is 16.7 Å². The van der Waals surface area contributed by atoms with E-state index in [0.717, 1.165) is 24.1 Å². The van der Waals surface area contributed by atoms with Crippen LogP contribution >= 0.6 is 24.8 Å². The van der Waals surface area contributed by atoms with Crippen LogP contribution in [-0.4, -0.2) is 67.9 Å². The average Bonchev–Trinajstić information content (AvgIpc) is 3.09. The number of carbonyl (C=O) groups is 3. The van der Waals surface area contributed by atoms with Crippen molar-refractivity contribution in [2.45, 2.75) is 40.2 Å². The molecule has 3 amide bonds. The maximum absolute atomic E-state index is 13.1. The maximum Gasteiger partial charge on any atom is 0.254 e. The number of carbonyl (C=O) groups excluding carboxylic acids is 3. The van der Waals surface area contributed by atoms with E-state index in [-0.39, 0.29) is 42.5 Å². The lowest BCUT2D eigenvalue weighted by molar-refractivity contribution is -0.137. The number of nitrogens with one attached hydrogen (secondary N) is 1. The number of likely N-dealkylation sites (N-methyl/N-ethyl adjacent to an activating group) is 1. The number of nitrogens with zero attached hydrogens (tertiary/aromatic N) is 5. The number of anilines is 2. The van der Waals surface area contributed by atoms with Crippen molar-refractivity contribution >= 4 is 53.9 Å². The van der Waals surface area contributed by atoms with Crippen LogP contribution < -0.4 is 19.9 Å². The van der Waals surface area contributed by atoms with Crippen LogP contribution in [0.3, 0.4) is 0 Å². The summed E-state index contributed by atoms with van der Waals surface area (Å²) < 4.78 is 6.03. The Hall–Kier alpha value is -4.17. The Kier molecular flexibility index (Phi) is 14.0. The van der Waals surface area contributed by atoms with E-state index < -0.39 is 5.41 Å². The molecule has 2 heterocycles. The molecular weight excluding hydrogens is 627 g/mol. The van der Waals surface area contributed by atoms with Crippen LogP contribution in [-0.2, 0) is 22.6 Å². The average molecular weight is 670 g/mol. The highest BCUT2D eigenvalue weighted by Gasteiger charge is 2.45. The third kappa shape index (κ3) is 8.55. The Morgan fingerprint density at radius 3 is 2.52 bits per heavy atom. The van der Waals surface area contributed by atoms with Crippen molar-refractivity contribution in [2.75, 3.05) is 50.1 Å². The summed E-state index contributed by atoms with van der Waals surface area (Å²) in [6, 6.07) is 18.4. The van der Waals surface area contributed by atoms with Crippen LogP contribution in [0.15, 0.2) is 60.8 Å². The molecule has 1 aromatic heterocycles.